The Morgan fingerprint density at radius 1 is 1.43 bits per heavy atom. The van der Waals surface area contributed by atoms with E-state index in [1.807, 2.05) is 17.9 Å². The highest BCUT2D eigenvalue weighted by molar-refractivity contribution is 14.0. The number of rotatable bonds is 6. The van der Waals surface area contributed by atoms with Crippen LogP contribution in [-0.2, 0) is 13.5 Å². The van der Waals surface area contributed by atoms with Gasteiger partial charge in [-0.25, -0.2) is 0 Å². The normalized spacial score (nSPS) is 15.8. The molecule has 1 heterocycles. The summed E-state index contributed by atoms with van der Waals surface area (Å²) in [6.07, 6.45) is 11.4. The van der Waals surface area contributed by atoms with Crippen LogP contribution in [-0.4, -0.2) is 34.9 Å². The Balaban J connectivity index is 0.00000220. The van der Waals surface area contributed by atoms with Crippen LogP contribution < -0.4 is 10.6 Å². The molecule has 1 aromatic rings. The fourth-order valence-electron chi connectivity index (χ4n) is 2.66. The van der Waals surface area contributed by atoms with Crippen LogP contribution in [0.25, 0.3) is 0 Å². The number of aromatic nitrogens is 2. The maximum absolute atomic E-state index is 4.67. The van der Waals surface area contributed by atoms with E-state index in [1.54, 1.807) is 0 Å². The van der Waals surface area contributed by atoms with Crippen LogP contribution in [0.5, 0.6) is 0 Å². The Labute approximate surface area is 145 Å². The Morgan fingerprint density at radius 2 is 2.19 bits per heavy atom. The second-order valence-electron chi connectivity index (χ2n) is 5.51. The third kappa shape index (κ3) is 6.67. The molecular weight excluding hydrogens is 377 g/mol. The third-order valence-corrected chi connectivity index (χ3v) is 3.69. The van der Waals surface area contributed by atoms with E-state index in [0.717, 1.165) is 31.9 Å². The van der Waals surface area contributed by atoms with E-state index < -0.39 is 0 Å². The maximum Gasteiger partial charge on any atom is 0.191 e. The highest BCUT2D eigenvalue weighted by Gasteiger charge is 2.15. The van der Waals surface area contributed by atoms with Crippen LogP contribution in [0.15, 0.2) is 17.4 Å². The molecular formula is C15H28IN5. The molecule has 0 bridgehead atoms. The quantitative estimate of drug-likeness (QED) is 0.331. The summed E-state index contributed by atoms with van der Waals surface area (Å²) in [5.74, 6) is 0.977. The molecule has 0 unspecified atom stereocenters. The smallest absolute Gasteiger partial charge is 0.191 e. The fraction of sp³-hybridized carbons (Fsp3) is 0.733. The van der Waals surface area contributed by atoms with Crippen molar-refractivity contribution in [3.63, 3.8) is 0 Å². The summed E-state index contributed by atoms with van der Waals surface area (Å²) in [7, 11) is 1.95. The molecule has 1 aromatic heterocycles. The van der Waals surface area contributed by atoms with Gasteiger partial charge < -0.3 is 10.6 Å². The topological polar surface area (TPSA) is 54.2 Å². The minimum atomic E-state index is 0. The lowest BCUT2D eigenvalue weighted by molar-refractivity contribution is 0.613. The average Bonchev–Trinajstić information content (AvgIpc) is 3.06. The molecule has 5 nitrogen and oxygen atoms in total. The molecule has 0 amide bonds. The maximum atomic E-state index is 4.67. The third-order valence-electron chi connectivity index (χ3n) is 3.69. The zero-order valence-electron chi connectivity index (χ0n) is 13.1. The lowest BCUT2D eigenvalue weighted by Crippen LogP contribution is -2.42. The Hall–Kier alpha value is -0.790. The Morgan fingerprint density at radius 3 is 2.81 bits per heavy atom. The number of guanidine groups is 1. The largest absolute Gasteiger partial charge is 0.357 e. The van der Waals surface area contributed by atoms with Crippen molar-refractivity contribution < 1.29 is 0 Å². The van der Waals surface area contributed by atoms with Crippen molar-refractivity contribution in [2.45, 2.75) is 51.5 Å². The standard InChI is InChI=1S/C15H27N5.HI/c1-3-16-15(19-14-8-4-5-9-14)17-10-6-7-13-11-18-20(2)12-13;/h11-12,14H,3-10H2,1-2H3,(H2,16,17,19);1H. The van der Waals surface area contributed by atoms with Gasteiger partial charge in [0.25, 0.3) is 0 Å². The number of nitrogens with one attached hydrogen (secondary N) is 2. The van der Waals surface area contributed by atoms with Crippen molar-refractivity contribution in [1.82, 2.24) is 20.4 Å². The molecule has 6 heteroatoms. The second-order valence-corrected chi connectivity index (χ2v) is 5.51. The molecule has 1 aliphatic carbocycles. The monoisotopic (exact) mass is 405 g/mol. The van der Waals surface area contributed by atoms with Gasteiger partial charge in [-0.1, -0.05) is 12.8 Å². The van der Waals surface area contributed by atoms with E-state index >= 15 is 0 Å². The van der Waals surface area contributed by atoms with Gasteiger partial charge in [-0.2, -0.15) is 5.10 Å². The van der Waals surface area contributed by atoms with Gasteiger partial charge >= 0.3 is 0 Å². The minimum Gasteiger partial charge on any atom is -0.357 e. The number of hydrogen-bond donors (Lipinski definition) is 2. The molecule has 2 rings (SSSR count). The molecule has 0 spiro atoms. The van der Waals surface area contributed by atoms with Gasteiger partial charge in [-0.05, 0) is 38.2 Å². The summed E-state index contributed by atoms with van der Waals surface area (Å²) >= 11 is 0. The van der Waals surface area contributed by atoms with Crippen molar-refractivity contribution >= 4 is 29.9 Å². The Bertz CT molecular complexity index is 423. The van der Waals surface area contributed by atoms with Gasteiger partial charge in [0.15, 0.2) is 5.96 Å². The highest BCUT2D eigenvalue weighted by Crippen LogP contribution is 2.17. The Kier molecular flexibility index (Phi) is 8.72. The van der Waals surface area contributed by atoms with Gasteiger partial charge in [0.1, 0.15) is 0 Å². The molecule has 0 saturated heterocycles. The summed E-state index contributed by atoms with van der Waals surface area (Å²) in [6, 6.07) is 0.617. The van der Waals surface area contributed by atoms with E-state index in [-0.39, 0.29) is 24.0 Å². The number of nitrogens with zero attached hydrogens (tertiary/aromatic N) is 3. The summed E-state index contributed by atoms with van der Waals surface area (Å²) in [6.45, 7) is 3.89. The van der Waals surface area contributed by atoms with Crippen LogP contribution in [0.4, 0.5) is 0 Å². The molecule has 120 valence electrons. The van der Waals surface area contributed by atoms with Crippen molar-refractivity contribution in [1.29, 1.82) is 0 Å². The summed E-state index contributed by atoms with van der Waals surface area (Å²) < 4.78 is 1.85. The zero-order valence-corrected chi connectivity index (χ0v) is 15.5. The van der Waals surface area contributed by atoms with E-state index in [9.17, 15) is 0 Å². The summed E-state index contributed by atoms with van der Waals surface area (Å²) in [5, 5.41) is 11.1. The first-order chi connectivity index (χ1) is 9.78. The van der Waals surface area contributed by atoms with Crippen molar-refractivity contribution in [2.24, 2.45) is 12.0 Å². The van der Waals surface area contributed by atoms with Crippen LogP contribution >= 0.6 is 24.0 Å². The van der Waals surface area contributed by atoms with Crippen LogP contribution in [0, 0.1) is 0 Å². The molecule has 0 radical (unpaired) electrons. The first-order valence-electron chi connectivity index (χ1n) is 7.80. The van der Waals surface area contributed by atoms with Crippen molar-refractivity contribution in [2.75, 3.05) is 13.1 Å². The average molecular weight is 405 g/mol. The van der Waals surface area contributed by atoms with Gasteiger partial charge in [-0.15, -0.1) is 24.0 Å². The van der Waals surface area contributed by atoms with Crippen LogP contribution in [0.3, 0.4) is 0 Å². The van der Waals surface area contributed by atoms with Gasteiger partial charge in [0.2, 0.25) is 0 Å². The highest BCUT2D eigenvalue weighted by atomic mass is 127. The second kappa shape index (κ2) is 10.0. The molecule has 0 aromatic carbocycles. The number of halogens is 1. The molecule has 1 fully saturated rings. The minimum absolute atomic E-state index is 0. The van der Waals surface area contributed by atoms with E-state index in [2.05, 4.69) is 33.8 Å². The molecule has 2 N–H and O–H groups in total. The first kappa shape index (κ1) is 18.3. The number of hydrogen-bond acceptors (Lipinski definition) is 2. The van der Waals surface area contributed by atoms with E-state index in [0.29, 0.717) is 6.04 Å². The molecule has 1 aliphatic rings. The fourth-order valence-corrected chi connectivity index (χ4v) is 2.66. The number of aryl methyl sites for hydroxylation is 2. The van der Waals surface area contributed by atoms with Crippen LogP contribution in [0.2, 0.25) is 0 Å². The molecule has 21 heavy (non-hydrogen) atoms. The number of aliphatic imine (C=N–C) groups is 1. The molecule has 1 saturated carbocycles. The zero-order chi connectivity index (χ0) is 14.2. The molecule has 0 atom stereocenters. The van der Waals surface area contributed by atoms with E-state index in [4.69, 9.17) is 0 Å². The summed E-state index contributed by atoms with van der Waals surface area (Å²) in [5.41, 5.74) is 1.29. The predicted octanol–water partition coefficient (Wildman–Crippen LogP) is 2.47. The van der Waals surface area contributed by atoms with Crippen molar-refractivity contribution in [3.05, 3.63) is 18.0 Å². The molecule has 0 aliphatic heterocycles. The van der Waals surface area contributed by atoms with Gasteiger partial charge in [0, 0.05) is 32.4 Å². The lowest BCUT2D eigenvalue weighted by atomic mass is 10.2. The lowest BCUT2D eigenvalue weighted by Gasteiger charge is -2.16. The predicted molar refractivity (Wildman–Crippen MR) is 98.3 cm³/mol. The van der Waals surface area contributed by atoms with E-state index in [1.165, 1.54) is 31.2 Å². The van der Waals surface area contributed by atoms with Gasteiger partial charge in [0.05, 0.1) is 6.20 Å². The summed E-state index contributed by atoms with van der Waals surface area (Å²) in [4.78, 5) is 4.67. The first-order valence-corrected chi connectivity index (χ1v) is 7.80. The van der Waals surface area contributed by atoms with Crippen LogP contribution in [0.1, 0.15) is 44.6 Å². The SMILES string of the molecule is CCNC(=NCCCc1cnn(C)c1)NC1CCCC1.I. The van der Waals surface area contributed by atoms with Gasteiger partial charge in [-0.3, -0.25) is 9.67 Å². The van der Waals surface area contributed by atoms with Crippen molar-refractivity contribution in [3.8, 4) is 0 Å².